The van der Waals surface area contributed by atoms with Crippen LogP contribution in [-0.2, 0) is 28.7 Å². The van der Waals surface area contributed by atoms with Crippen molar-refractivity contribution in [1.29, 1.82) is 0 Å². The van der Waals surface area contributed by atoms with Crippen LogP contribution in [0, 0.1) is 12.8 Å². The fraction of sp³-hybridized carbons (Fsp3) is 0.769. The number of hydrogen-bond donors (Lipinski definition) is 3. The van der Waals surface area contributed by atoms with Crippen molar-refractivity contribution in [3.05, 3.63) is 0 Å². The fourth-order valence-electron chi connectivity index (χ4n) is 0.827. The Labute approximate surface area is 213 Å². The molecule has 0 aromatic carbocycles. The summed E-state index contributed by atoms with van der Waals surface area (Å²) in [6.07, 6.45) is 9.36. The third kappa shape index (κ3) is 114. The number of ether oxygens (including phenoxy) is 2. The van der Waals surface area contributed by atoms with Gasteiger partial charge in [-0.1, -0.05) is 27.7 Å². The van der Waals surface area contributed by atoms with Gasteiger partial charge in [0, 0.05) is 25.7 Å². The first-order valence-corrected chi connectivity index (χ1v) is 11.4. The number of rotatable bonds is 4. The quantitative estimate of drug-likeness (QED) is 0.332. The van der Waals surface area contributed by atoms with E-state index >= 15 is 0 Å². The van der Waals surface area contributed by atoms with Gasteiger partial charge in [-0.25, -0.2) is 0 Å². The summed E-state index contributed by atoms with van der Waals surface area (Å²) in [5.41, 5.74) is -1.15. The van der Waals surface area contributed by atoms with E-state index in [0.29, 0.717) is 12.8 Å². The fourth-order valence-corrected chi connectivity index (χ4v) is 0.827. The molecule has 0 aliphatic heterocycles. The van der Waals surface area contributed by atoms with Crippen LogP contribution in [0.4, 0.5) is 0 Å². The van der Waals surface area contributed by atoms with E-state index in [2.05, 4.69) is 12.8 Å². The van der Waals surface area contributed by atoms with Crippen LogP contribution in [0.25, 0.3) is 0 Å². The van der Waals surface area contributed by atoms with Gasteiger partial charge < -0.3 is 24.8 Å². The van der Waals surface area contributed by atoms with Gasteiger partial charge in [0.05, 0.1) is 5.60 Å². The molecule has 0 atom stereocenters. The maximum atomic E-state index is 10.6. The van der Waals surface area contributed by atoms with Crippen LogP contribution in [0.3, 0.4) is 0 Å². The Morgan fingerprint density at radius 1 is 0.571 bits per heavy atom. The average molecular weight is 509 g/mol. The molecule has 0 radical (unpaired) electrons. The molecule has 0 bridgehead atoms. The third-order valence-electron chi connectivity index (χ3n) is 2.02. The number of hydrogen-bond acceptors (Lipinski definition) is 7. The normalized spacial score (nSPS) is 9.60. The summed E-state index contributed by atoms with van der Waals surface area (Å²) in [6, 6.07) is 0. The second-order valence-electron chi connectivity index (χ2n) is 9.55. The molecule has 0 saturated heterocycles. The van der Waals surface area contributed by atoms with Gasteiger partial charge >= 0.3 is 23.9 Å². The molecule has 9 nitrogen and oxygen atoms in total. The molecule has 0 aliphatic rings. The van der Waals surface area contributed by atoms with Gasteiger partial charge in [-0.15, -0.1) is 12.8 Å². The minimum Gasteiger partial charge on any atom is -0.481 e. The molecule has 0 rings (SSSR count). The van der Waals surface area contributed by atoms with E-state index in [1.54, 1.807) is 48.5 Å². The lowest BCUT2D eigenvalue weighted by atomic mass is 10.2. The monoisotopic (exact) mass is 508 g/mol. The number of aliphatic hydroxyl groups is 1. The maximum absolute atomic E-state index is 10.6. The molecular formula is C26H52O9. The van der Waals surface area contributed by atoms with Crippen LogP contribution in [-0.4, -0.2) is 56.0 Å². The summed E-state index contributed by atoms with van der Waals surface area (Å²) in [7, 11) is 0. The summed E-state index contributed by atoms with van der Waals surface area (Å²) in [5, 5.41) is 24.0. The van der Waals surface area contributed by atoms with Crippen molar-refractivity contribution >= 4 is 23.9 Å². The molecule has 0 amide bonds. The minimum absolute atomic E-state index is 0.137. The van der Waals surface area contributed by atoms with Gasteiger partial charge in [-0.3, -0.25) is 19.2 Å². The summed E-state index contributed by atoms with van der Waals surface area (Å²) < 4.78 is 9.90. The van der Waals surface area contributed by atoms with Crippen molar-refractivity contribution in [2.75, 3.05) is 0 Å². The molecule has 0 aromatic rings. The van der Waals surface area contributed by atoms with Crippen LogP contribution < -0.4 is 0 Å². The Kier molecular flexibility index (Phi) is 34.1. The van der Waals surface area contributed by atoms with Crippen LogP contribution in [0.2, 0.25) is 0 Å². The number of carbonyl (C=O) groups is 4. The van der Waals surface area contributed by atoms with Gasteiger partial charge in [-0.05, 0) is 62.3 Å². The number of carbonyl (C=O) groups excluding carboxylic acids is 2. The van der Waals surface area contributed by atoms with E-state index in [1.807, 2.05) is 41.5 Å². The van der Waals surface area contributed by atoms with Crippen molar-refractivity contribution < 1.29 is 44.0 Å². The van der Waals surface area contributed by atoms with Crippen molar-refractivity contribution in [2.45, 2.75) is 132 Å². The van der Waals surface area contributed by atoms with Crippen molar-refractivity contribution in [2.24, 2.45) is 0 Å². The van der Waals surface area contributed by atoms with Crippen LogP contribution in [0.15, 0.2) is 0 Å². The lowest BCUT2D eigenvalue weighted by Crippen LogP contribution is -2.23. The Bertz CT molecular complexity index is 510. The first kappa shape index (κ1) is 45.8. The zero-order chi connectivity index (χ0) is 30.1. The summed E-state index contributed by atoms with van der Waals surface area (Å²) in [4.78, 5) is 39.9. The first-order chi connectivity index (χ1) is 15.4. The van der Waals surface area contributed by atoms with Gasteiger partial charge in [0.2, 0.25) is 0 Å². The zero-order valence-electron chi connectivity index (χ0n) is 24.3. The van der Waals surface area contributed by atoms with E-state index in [9.17, 15) is 19.2 Å². The van der Waals surface area contributed by atoms with E-state index < -0.39 is 17.5 Å². The maximum Gasteiger partial charge on any atom is 0.306 e. The molecule has 0 aromatic heterocycles. The highest BCUT2D eigenvalue weighted by Gasteiger charge is 2.14. The molecule has 0 unspecified atom stereocenters. The molecule has 9 heteroatoms. The van der Waals surface area contributed by atoms with Crippen LogP contribution in [0.1, 0.15) is 116 Å². The SMILES string of the molecule is C#C.CC(C)(C)O.CCC(=O)O.CCC(=O)O.CCC(=O)OC(C)(C)C.CCC(=O)OC(C)(C)C. The number of aliphatic carboxylic acids is 2. The Morgan fingerprint density at radius 3 is 0.743 bits per heavy atom. The van der Waals surface area contributed by atoms with E-state index in [0.717, 1.165) is 0 Å². The standard InChI is InChI=1S/2C7H14O2.C4H10O.2C3H6O2.C2H2/c2*1-5-6(8)9-7(2,3)4;1-4(2,3)5;2*1-2-3(4)5;1-2/h2*5H2,1-4H3;5H,1-3H3;2*2H2,1H3,(H,4,5);1-2H. The van der Waals surface area contributed by atoms with Crippen molar-refractivity contribution in [3.8, 4) is 12.8 Å². The van der Waals surface area contributed by atoms with Gasteiger partial charge in [0.25, 0.3) is 0 Å². The molecule has 210 valence electrons. The zero-order valence-corrected chi connectivity index (χ0v) is 24.3. The number of terminal acetylenes is 1. The minimum atomic E-state index is -0.745. The highest BCUT2D eigenvalue weighted by atomic mass is 16.6. The largest absolute Gasteiger partial charge is 0.481 e. The lowest BCUT2D eigenvalue weighted by Gasteiger charge is -2.18. The van der Waals surface area contributed by atoms with Crippen LogP contribution >= 0.6 is 0 Å². The Hall–Kier alpha value is -2.60. The summed E-state index contributed by atoms with van der Waals surface area (Å²) in [5.74, 6) is -1.76. The number of esters is 2. The Balaban J connectivity index is -0.0000000758. The van der Waals surface area contributed by atoms with Gasteiger partial charge in [-0.2, -0.15) is 0 Å². The summed E-state index contributed by atoms with van der Waals surface area (Å²) in [6.45, 7) is 23.2. The molecule has 3 N–H and O–H groups in total. The highest BCUT2D eigenvalue weighted by Crippen LogP contribution is 2.08. The third-order valence-corrected chi connectivity index (χ3v) is 2.02. The predicted octanol–water partition coefficient (Wildman–Crippen LogP) is 5.46. The van der Waals surface area contributed by atoms with Gasteiger partial charge in [0.1, 0.15) is 11.2 Å². The number of carboxylic acid groups (broad SMARTS) is 2. The molecular weight excluding hydrogens is 456 g/mol. The summed E-state index contributed by atoms with van der Waals surface area (Å²) >= 11 is 0. The van der Waals surface area contributed by atoms with E-state index in [4.69, 9.17) is 24.8 Å². The van der Waals surface area contributed by atoms with E-state index in [-0.39, 0.29) is 36.0 Å². The predicted molar refractivity (Wildman–Crippen MR) is 140 cm³/mol. The van der Waals surface area contributed by atoms with E-state index in [1.165, 1.54) is 0 Å². The molecule has 0 aliphatic carbocycles. The second-order valence-corrected chi connectivity index (χ2v) is 9.55. The average Bonchev–Trinajstić information content (AvgIpc) is 2.66. The lowest BCUT2D eigenvalue weighted by molar-refractivity contribution is -0.155. The topological polar surface area (TPSA) is 147 Å². The van der Waals surface area contributed by atoms with Gasteiger partial charge in [0.15, 0.2) is 0 Å². The second kappa shape index (κ2) is 26.0. The molecule has 0 heterocycles. The van der Waals surface area contributed by atoms with Crippen LogP contribution in [0.5, 0.6) is 0 Å². The molecule has 0 spiro atoms. The Morgan fingerprint density at radius 2 is 0.714 bits per heavy atom. The van der Waals surface area contributed by atoms with Crippen molar-refractivity contribution in [1.82, 2.24) is 0 Å². The van der Waals surface area contributed by atoms with Crippen molar-refractivity contribution in [3.63, 3.8) is 0 Å². The first-order valence-electron chi connectivity index (χ1n) is 11.4. The molecule has 0 fully saturated rings. The highest BCUT2D eigenvalue weighted by molar-refractivity contribution is 5.69. The molecule has 0 saturated carbocycles. The molecule has 35 heavy (non-hydrogen) atoms. The smallest absolute Gasteiger partial charge is 0.306 e. The number of carboxylic acids is 2.